The van der Waals surface area contributed by atoms with Crippen LogP contribution in [-0.2, 0) is 20.9 Å². The van der Waals surface area contributed by atoms with Gasteiger partial charge in [-0.05, 0) is 31.2 Å². The second-order valence-corrected chi connectivity index (χ2v) is 6.47. The van der Waals surface area contributed by atoms with Crippen LogP contribution in [0.3, 0.4) is 0 Å². The van der Waals surface area contributed by atoms with Crippen molar-refractivity contribution in [1.82, 2.24) is 9.99 Å². The molecule has 0 radical (unpaired) electrons. The standard InChI is InChI=1S/C21H17N3O4/c1-13-16(15-9-5-6-10-18(15)23(13)12-19(25)26)11-17-20(27)22-24(21(17)28)14-7-3-2-4-8-14/h2-11H,12H2,1H3,(H,22,27)(H,25,26)/b17-11-. The quantitative estimate of drug-likeness (QED) is 0.541. The van der Waals surface area contributed by atoms with Crippen molar-refractivity contribution in [1.29, 1.82) is 0 Å². The Kier molecular flexibility index (Phi) is 4.19. The second kappa shape index (κ2) is 6.70. The van der Waals surface area contributed by atoms with E-state index in [4.69, 9.17) is 0 Å². The van der Waals surface area contributed by atoms with Gasteiger partial charge in [-0.1, -0.05) is 36.4 Å². The van der Waals surface area contributed by atoms with E-state index >= 15 is 0 Å². The molecule has 0 saturated carbocycles. The molecule has 4 rings (SSSR count). The molecule has 2 aromatic carbocycles. The summed E-state index contributed by atoms with van der Waals surface area (Å²) in [4.78, 5) is 36.5. The van der Waals surface area contributed by atoms with Crippen LogP contribution in [0.15, 0.2) is 60.2 Å². The van der Waals surface area contributed by atoms with Crippen LogP contribution < -0.4 is 10.4 Å². The number of hydrogen-bond donors (Lipinski definition) is 2. The molecule has 0 aliphatic carbocycles. The molecule has 3 aromatic rings. The first kappa shape index (κ1) is 17.5. The number of aliphatic carboxylic acids is 1. The summed E-state index contributed by atoms with van der Waals surface area (Å²) in [5.41, 5.74) is 5.21. The summed E-state index contributed by atoms with van der Waals surface area (Å²) in [6.45, 7) is 1.58. The van der Waals surface area contributed by atoms with Crippen LogP contribution in [0.2, 0.25) is 0 Å². The molecule has 0 bridgehead atoms. The first-order valence-electron chi connectivity index (χ1n) is 8.69. The lowest BCUT2D eigenvalue weighted by atomic mass is 10.1. The van der Waals surface area contributed by atoms with E-state index in [2.05, 4.69) is 5.43 Å². The predicted octanol–water partition coefficient (Wildman–Crippen LogP) is 2.50. The zero-order chi connectivity index (χ0) is 19.8. The molecule has 28 heavy (non-hydrogen) atoms. The number of nitrogens with one attached hydrogen (secondary N) is 1. The molecular weight excluding hydrogens is 358 g/mol. The van der Waals surface area contributed by atoms with Crippen LogP contribution in [0, 0.1) is 6.92 Å². The largest absolute Gasteiger partial charge is 0.480 e. The average molecular weight is 375 g/mol. The van der Waals surface area contributed by atoms with E-state index in [-0.39, 0.29) is 12.1 Å². The number of hydrogen-bond acceptors (Lipinski definition) is 3. The fourth-order valence-electron chi connectivity index (χ4n) is 3.44. The molecule has 1 fully saturated rings. The highest BCUT2D eigenvalue weighted by Gasteiger charge is 2.34. The van der Waals surface area contributed by atoms with Gasteiger partial charge in [0.25, 0.3) is 11.8 Å². The maximum absolute atomic E-state index is 12.8. The number of amides is 2. The number of carboxylic acids is 1. The summed E-state index contributed by atoms with van der Waals surface area (Å²) in [5, 5.41) is 11.2. The summed E-state index contributed by atoms with van der Waals surface area (Å²) in [6, 6.07) is 16.2. The SMILES string of the molecule is Cc1c(/C=C2/C(=O)NN(c3ccccc3)C2=O)c2ccccc2n1CC(=O)O. The molecule has 1 aliphatic heterocycles. The number of para-hydroxylation sites is 2. The Labute approximate surface area is 160 Å². The first-order chi connectivity index (χ1) is 13.5. The minimum atomic E-state index is -0.965. The molecule has 2 N–H and O–H groups in total. The fraction of sp³-hybridized carbons (Fsp3) is 0.0952. The smallest absolute Gasteiger partial charge is 0.323 e. The lowest BCUT2D eigenvalue weighted by Crippen LogP contribution is -2.35. The number of fused-ring (bicyclic) bond motifs is 1. The molecule has 140 valence electrons. The minimum Gasteiger partial charge on any atom is -0.480 e. The van der Waals surface area contributed by atoms with Crippen molar-refractivity contribution in [3.05, 3.63) is 71.4 Å². The van der Waals surface area contributed by atoms with Crippen molar-refractivity contribution in [3.63, 3.8) is 0 Å². The number of nitrogens with zero attached hydrogens (tertiary/aromatic N) is 2. The Morgan fingerprint density at radius 3 is 2.46 bits per heavy atom. The number of carbonyl (C=O) groups excluding carboxylic acids is 2. The molecule has 2 amide bonds. The van der Waals surface area contributed by atoms with Crippen molar-refractivity contribution in [2.45, 2.75) is 13.5 Å². The van der Waals surface area contributed by atoms with E-state index in [1.165, 1.54) is 11.1 Å². The van der Waals surface area contributed by atoms with Gasteiger partial charge in [-0.3, -0.25) is 19.8 Å². The van der Waals surface area contributed by atoms with Crippen LogP contribution >= 0.6 is 0 Å². The Bertz CT molecular complexity index is 1150. The molecule has 7 nitrogen and oxygen atoms in total. The van der Waals surface area contributed by atoms with Gasteiger partial charge in [-0.25, -0.2) is 5.01 Å². The summed E-state index contributed by atoms with van der Waals surface area (Å²) in [7, 11) is 0. The van der Waals surface area contributed by atoms with E-state index in [1.807, 2.05) is 30.3 Å². The van der Waals surface area contributed by atoms with Gasteiger partial charge in [0.2, 0.25) is 0 Å². The Balaban J connectivity index is 1.82. The number of rotatable bonds is 4. The van der Waals surface area contributed by atoms with E-state index in [0.29, 0.717) is 16.9 Å². The van der Waals surface area contributed by atoms with E-state index in [0.717, 1.165) is 10.9 Å². The van der Waals surface area contributed by atoms with Crippen molar-refractivity contribution in [2.75, 3.05) is 5.01 Å². The van der Waals surface area contributed by atoms with Crippen LogP contribution in [0.5, 0.6) is 0 Å². The van der Waals surface area contributed by atoms with E-state index in [9.17, 15) is 19.5 Å². The highest BCUT2D eigenvalue weighted by molar-refractivity contribution is 6.32. The van der Waals surface area contributed by atoms with E-state index < -0.39 is 17.8 Å². The van der Waals surface area contributed by atoms with Crippen molar-refractivity contribution >= 4 is 40.4 Å². The van der Waals surface area contributed by atoms with Crippen molar-refractivity contribution in [2.24, 2.45) is 0 Å². The monoisotopic (exact) mass is 375 g/mol. The topological polar surface area (TPSA) is 91.6 Å². The van der Waals surface area contributed by atoms with Crippen molar-refractivity contribution in [3.8, 4) is 0 Å². The molecule has 0 spiro atoms. The first-order valence-corrected chi connectivity index (χ1v) is 8.69. The van der Waals surface area contributed by atoms with Gasteiger partial charge in [-0.2, -0.15) is 0 Å². The summed E-state index contributed by atoms with van der Waals surface area (Å²) >= 11 is 0. The molecule has 1 aromatic heterocycles. The number of hydrazine groups is 1. The van der Waals surface area contributed by atoms with Gasteiger partial charge < -0.3 is 9.67 Å². The number of anilines is 1. The normalized spacial score (nSPS) is 15.5. The van der Waals surface area contributed by atoms with E-state index in [1.54, 1.807) is 35.8 Å². The third kappa shape index (κ3) is 2.83. The number of benzene rings is 2. The molecule has 0 atom stereocenters. The van der Waals surface area contributed by atoms with Crippen LogP contribution in [0.25, 0.3) is 17.0 Å². The fourth-order valence-corrected chi connectivity index (χ4v) is 3.44. The lowest BCUT2D eigenvalue weighted by molar-refractivity contribution is -0.137. The molecule has 0 unspecified atom stereocenters. The molecule has 7 heteroatoms. The van der Waals surface area contributed by atoms with Gasteiger partial charge in [-0.15, -0.1) is 0 Å². The zero-order valence-electron chi connectivity index (χ0n) is 15.0. The number of carboxylic acid groups (broad SMARTS) is 1. The minimum absolute atomic E-state index is 0.00480. The predicted molar refractivity (Wildman–Crippen MR) is 104 cm³/mol. The van der Waals surface area contributed by atoms with Gasteiger partial charge in [0.1, 0.15) is 12.1 Å². The number of aromatic nitrogens is 1. The Morgan fingerprint density at radius 2 is 1.75 bits per heavy atom. The van der Waals surface area contributed by atoms with Gasteiger partial charge in [0.15, 0.2) is 0 Å². The summed E-state index contributed by atoms with van der Waals surface area (Å²) in [5.74, 6) is -1.91. The maximum atomic E-state index is 12.8. The van der Waals surface area contributed by atoms with Gasteiger partial charge in [0, 0.05) is 22.2 Å². The third-order valence-electron chi connectivity index (χ3n) is 4.77. The zero-order valence-corrected chi connectivity index (χ0v) is 15.0. The third-order valence-corrected chi connectivity index (χ3v) is 4.77. The number of carbonyl (C=O) groups is 3. The van der Waals surface area contributed by atoms with Gasteiger partial charge >= 0.3 is 5.97 Å². The molecule has 1 saturated heterocycles. The summed E-state index contributed by atoms with van der Waals surface area (Å²) < 4.78 is 1.66. The highest BCUT2D eigenvalue weighted by Crippen LogP contribution is 2.29. The van der Waals surface area contributed by atoms with Crippen LogP contribution in [0.1, 0.15) is 11.3 Å². The van der Waals surface area contributed by atoms with Gasteiger partial charge in [0.05, 0.1) is 5.69 Å². The Morgan fingerprint density at radius 1 is 1.07 bits per heavy atom. The van der Waals surface area contributed by atoms with Crippen molar-refractivity contribution < 1.29 is 19.5 Å². The Hall–Kier alpha value is -3.87. The highest BCUT2D eigenvalue weighted by atomic mass is 16.4. The van der Waals surface area contributed by atoms with Crippen LogP contribution in [-0.4, -0.2) is 27.5 Å². The molecular formula is C21H17N3O4. The molecule has 1 aliphatic rings. The second-order valence-electron chi connectivity index (χ2n) is 6.47. The maximum Gasteiger partial charge on any atom is 0.323 e. The van der Waals surface area contributed by atoms with Crippen LogP contribution in [0.4, 0.5) is 5.69 Å². The summed E-state index contributed by atoms with van der Waals surface area (Å²) in [6.07, 6.45) is 1.54. The average Bonchev–Trinajstić information content (AvgIpc) is 3.12. The lowest BCUT2D eigenvalue weighted by Gasteiger charge is -2.13. The molecule has 2 heterocycles.